The SMILES string of the molecule is CC(=O)NCc1ccc(C(=O)N2CCCCC2c2nc(C)cs2)o1. The minimum atomic E-state index is -0.130. The lowest BCUT2D eigenvalue weighted by atomic mass is 10.0. The van der Waals surface area contributed by atoms with E-state index in [1.807, 2.05) is 17.2 Å². The van der Waals surface area contributed by atoms with Crippen molar-refractivity contribution < 1.29 is 14.0 Å². The van der Waals surface area contributed by atoms with E-state index in [9.17, 15) is 9.59 Å². The number of thiazole rings is 1. The number of piperidine rings is 1. The maximum absolute atomic E-state index is 12.9. The van der Waals surface area contributed by atoms with Gasteiger partial charge in [-0.3, -0.25) is 9.59 Å². The Morgan fingerprint density at radius 3 is 2.96 bits per heavy atom. The lowest BCUT2D eigenvalue weighted by Gasteiger charge is -2.33. The number of aromatic nitrogens is 1. The molecule has 24 heavy (non-hydrogen) atoms. The summed E-state index contributed by atoms with van der Waals surface area (Å²) in [6, 6.07) is 3.43. The number of likely N-dealkylation sites (tertiary alicyclic amines) is 1. The zero-order chi connectivity index (χ0) is 17.1. The summed E-state index contributed by atoms with van der Waals surface area (Å²) in [4.78, 5) is 30.3. The maximum Gasteiger partial charge on any atom is 0.290 e. The van der Waals surface area contributed by atoms with Crippen molar-refractivity contribution in [3.05, 3.63) is 39.7 Å². The molecule has 1 unspecified atom stereocenters. The molecule has 3 heterocycles. The second kappa shape index (κ2) is 7.17. The Kier molecular flexibility index (Phi) is 4.99. The molecule has 1 aliphatic heterocycles. The number of amides is 2. The zero-order valence-electron chi connectivity index (χ0n) is 13.9. The molecule has 128 valence electrons. The Labute approximate surface area is 144 Å². The summed E-state index contributed by atoms with van der Waals surface area (Å²) < 4.78 is 5.62. The molecule has 0 bridgehead atoms. The number of aryl methyl sites for hydroxylation is 1. The fourth-order valence-electron chi connectivity index (χ4n) is 2.90. The van der Waals surface area contributed by atoms with Gasteiger partial charge in [0, 0.05) is 24.5 Å². The molecule has 3 rings (SSSR count). The van der Waals surface area contributed by atoms with Gasteiger partial charge in [0.25, 0.3) is 5.91 Å². The average molecular weight is 347 g/mol. The van der Waals surface area contributed by atoms with E-state index >= 15 is 0 Å². The Morgan fingerprint density at radius 1 is 1.42 bits per heavy atom. The number of carbonyl (C=O) groups is 2. The molecule has 0 spiro atoms. The van der Waals surface area contributed by atoms with Crippen molar-refractivity contribution in [3.8, 4) is 0 Å². The van der Waals surface area contributed by atoms with E-state index in [0.29, 0.717) is 18.1 Å². The number of hydrogen-bond donors (Lipinski definition) is 1. The third-order valence-corrected chi connectivity index (χ3v) is 5.13. The Bertz CT molecular complexity index is 737. The van der Waals surface area contributed by atoms with Gasteiger partial charge in [-0.25, -0.2) is 4.98 Å². The summed E-state index contributed by atoms with van der Waals surface area (Å²) in [5, 5.41) is 5.68. The molecule has 2 aromatic rings. The van der Waals surface area contributed by atoms with Crippen LogP contribution in [0, 0.1) is 6.92 Å². The summed E-state index contributed by atoms with van der Waals surface area (Å²) >= 11 is 1.61. The van der Waals surface area contributed by atoms with Crippen LogP contribution in [0.15, 0.2) is 21.9 Å². The van der Waals surface area contributed by atoms with E-state index in [1.54, 1.807) is 23.5 Å². The van der Waals surface area contributed by atoms with Gasteiger partial charge in [0.15, 0.2) is 5.76 Å². The Hall–Kier alpha value is -2.15. The fourth-order valence-corrected chi connectivity index (χ4v) is 3.84. The van der Waals surface area contributed by atoms with Gasteiger partial charge in [-0.1, -0.05) is 0 Å². The monoisotopic (exact) mass is 347 g/mol. The highest BCUT2D eigenvalue weighted by Crippen LogP contribution is 2.34. The highest BCUT2D eigenvalue weighted by Gasteiger charge is 2.32. The first-order valence-corrected chi connectivity index (χ1v) is 8.98. The zero-order valence-corrected chi connectivity index (χ0v) is 14.7. The van der Waals surface area contributed by atoms with Gasteiger partial charge >= 0.3 is 0 Å². The van der Waals surface area contributed by atoms with Gasteiger partial charge in [-0.05, 0) is 38.3 Å². The number of furan rings is 1. The lowest BCUT2D eigenvalue weighted by Crippen LogP contribution is -2.38. The van der Waals surface area contributed by atoms with Crippen molar-refractivity contribution >= 4 is 23.2 Å². The summed E-state index contributed by atoms with van der Waals surface area (Å²) in [6.45, 7) is 4.42. The van der Waals surface area contributed by atoms with Crippen molar-refractivity contribution in [2.24, 2.45) is 0 Å². The second-order valence-corrected chi connectivity index (χ2v) is 6.90. The molecule has 2 amide bonds. The van der Waals surface area contributed by atoms with Crippen LogP contribution in [0.25, 0.3) is 0 Å². The quantitative estimate of drug-likeness (QED) is 0.922. The summed E-state index contributed by atoms with van der Waals surface area (Å²) in [5.41, 5.74) is 0.989. The van der Waals surface area contributed by atoms with Crippen LogP contribution in [0.3, 0.4) is 0 Å². The third kappa shape index (κ3) is 3.67. The lowest BCUT2D eigenvalue weighted by molar-refractivity contribution is -0.119. The normalized spacial score (nSPS) is 17.8. The fraction of sp³-hybridized carbons (Fsp3) is 0.471. The average Bonchev–Trinajstić information content (AvgIpc) is 3.21. The predicted molar refractivity (Wildman–Crippen MR) is 90.7 cm³/mol. The molecule has 7 heteroatoms. The predicted octanol–water partition coefficient (Wildman–Crippen LogP) is 3.05. The largest absolute Gasteiger partial charge is 0.454 e. The summed E-state index contributed by atoms with van der Waals surface area (Å²) in [7, 11) is 0. The third-order valence-electron chi connectivity index (χ3n) is 4.07. The number of nitrogens with one attached hydrogen (secondary N) is 1. The van der Waals surface area contributed by atoms with Crippen LogP contribution in [-0.2, 0) is 11.3 Å². The van der Waals surface area contributed by atoms with Gasteiger partial charge < -0.3 is 14.6 Å². The van der Waals surface area contributed by atoms with Crippen LogP contribution in [0.5, 0.6) is 0 Å². The van der Waals surface area contributed by atoms with Crippen LogP contribution in [-0.4, -0.2) is 28.2 Å². The first-order chi connectivity index (χ1) is 11.5. The smallest absolute Gasteiger partial charge is 0.290 e. The Morgan fingerprint density at radius 2 is 2.25 bits per heavy atom. The van der Waals surface area contributed by atoms with Gasteiger partial charge in [0.1, 0.15) is 10.8 Å². The van der Waals surface area contributed by atoms with Gasteiger partial charge in [-0.2, -0.15) is 0 Å². The van der Waals surface area contributed by atoms with Crippen LogP contribution >= 0.6 is 11.3 Å². The number of rotatable bonds is 4. The van der Waals surface area contributed by atoms with E-state index in [4.69, 9.17) is 4.42 Å². The molecule has 1 atom stereocenters. The maximum atomic E-state index is 12.9. The van der Waals surface area contributed by atoms with E-state index in [1.165, 1.54) is 6.92 Å². The van der Waals surface area contributed by atoms with E-state index in [-0.39, 0.29) is 24.4 Å². The van der Waals surface area contributed by atoms with Gasteiger partial charge in [-0.15, -0.1) is 11.3 Å². The van der Waals surface area contributed by atoms with Gasteiger partial charge in [0.2, 0.25) is 5.91 Å². The molecule has 1 aliphatic rings. The number of hydrogen-bond acceptors (Lipinski definition) is 5. The molecule has 0 saturated carbocycles. The molecule has 1 N–H and O–H groups in total. The van der Waals surface area contributed by atoms with E-state index in [2.05, 4.69) is 10.3 Å². The highest BCUT2D eigenvalue weighted by atomic mass is 32.1. The molecular weight excluding hydrogens is 326 g/mol. The Balaban J connectivity index is 1.75. The van der Waals surface area contributed by atoms with Crippen molar-refractivity contribution in [1.29, 1.82) is 0 Å². The first kappa shape index (κ1) is 16.7. The summed E-state index contributed by atoms with van der Waals surface area (Å²) in [6.07, 6.45) is 3.02. The van der Waals surface area contributed by atoms with Crippen molar-refractivity contribution in [2.75, 3.05) is 6.54 Å². The van der Waals surface area contributed by atoms with Crippen molar-refractivity contribution in [1.82, 2.24) is 15.2 Å². The minimum absolute atomic E-state index is 0.0221. The molecule has 6 nitrogen and oxygen atoms in total. The molecule has 1 fully saturated rings. The molecule has 0 aromatic carbocycles. The van der Waals surface area contributed by atoms with E-state index < -0.39 is 0 Å². The highest BCUT2D eigenvalue weighted by molar-refractivity contribution is 7.09. The minimum Gasteiger partial charge on any atom is -0.454 e. The van der Waals surface area contributed by atoms with Crippen LogP contribution in [0.4, 0.5) is 0 Å². The first-order valence-electron chi connectivity index (χ1n) is 8.10. The van der Waals surface area contributed by atoms with Crippen molar-refractivity contribution in [2.45, 2.75) is 45.7 Å². The van der Waals surface area contributed by atoms with E-state index in [0.717, 1.165) is 30.0 Å². The standard InChI is InChI=1S/C17H21N3O3S/c1-11-10-24-16(19-11)14-5-3-4-8-20(14)17(22)15-7-6-13(23-15)9-18-12(2)21/h6-7,10,14H,3-5,8-9H2,1-2H3,(H,18,21). The van der Waals surface area contributed by atoms with Crippen LogP contribution in [0.1, 0.15) is 59.2 Å². The summed E-state index contributed by atoms with van der Waals surface area (Å²) in [5.74, 6) is 0.652. The molecular formula is C17H21N3O3S. The van der Waals surface area contributed by atoms with Crippen LogP contribution < -0.4 is 5.32 Å². The van der Waals surface area contributed by atoms with Crippen LogP contribution in [0.2, 0.25) is 0 Å². The second-order valence-electron chi connectivity index (χ2n) is 6.01. The van der Waals surface area contributed by atoms with Crippen molar-refractivity contribution in [3.63, 3.8) is 0 Å². The van der Waals surface area contributed by atoms with Gasteiger partial charge in [0.05, 0.1) is 12.6 Å². The molecule has 1 saturated heterocycles. The topological polar surface area (TPSA) is 75.4 Å². The molecule has 0 aliphatic carbocycles. The number of carbonyl (C=O) groups excluding carboxylic acids is 2. The molecule has 0 radical (unpaired) electrons. The molecule has 2 aromatic heterocycles. The number of nitrogens with zero attached hydrogens (tertiary/aromatic N) is 2.